The molecule has 4 nitrogen and oxygen atoms in total. The van der Waals surface area contributed by atoms with E-state index in [4.69, 9.17) is 41.1 Å². The minimum absolute atomic E-state index is 0.0146. The highest BCUT2D eigenvalue weighted by Gasteiger charge is 2.26. The number of hydrogen-bond donors (Lipinski definition) is 0. The molecular weight excluding hydrogens is 407 g/mol. The monoisotopic (exact) mass is 438 g/mol. The molecule has 0 heterocycles. The number of hydrogen-bond acceptors (Lipinski definition) is 4. The van der Waals surface area contributed by atoms with Gasteiger partial charge < -0.3 is 18.9 Å². The zero-order valence-electron chi connectivity index (χ0n) is 16.7. The van der Waals surface area contributed by atoms with Crippen LogP contribution in [0.3, 0.4) is 0 Å². The van der Waals surface area contributed by atoms with Gasteiger partial charge in [-0.1, -0.05) is 32.3 Å². The van der Waals surface area contributed by atoms with E-state index in [0.29, 0.717) is 33.0 Å². The van der Waals surface area contributed by atoms with E-state index in [2.05, 4.69) is 32.3 Å². The first-order chi connectivity index (χ1) is 12.0. The van der Waals surface area contributed by atoms with Crippen LogP contribution in [-0.2, 0) is 14.2 Å². The quantitative estimate of drug-likeness (QED) is 0.284. The summed E-state index contributed by atoms with van der Waals surface area (Å²) in [6.45, 7) is 13.1. The van der Waals surface area contributed by atoms with Crippen LogP contribution in [0.15, 0.2) is 18.2 Å². The Balaban J connectivity index is 2.56. The van der Waals surface area contributed by atoms with E-state index in [9.17, 15) is 0 Å². The average molecular weight is 440 g/mol. The topological polar surface area (TPSA) is 36.9 Å². The molecule has 0 N–H and O–H groups in total. The number of methoxy groups -OCH3 is 1. The highest BCUT2D eigenvalue weighted by molar-refractivity contribution is 7.27. The molecule has 0 aliphatic heterocycles. The van der Waals surface area contributed by atoms with Crippen molar-refractivity contribution < 1.29 is 18.9 Å². The second kappa shape index (κ2) is 11.0. The molecule has 0 aliphatic carbocycles. The maximum Gasteiger partial charge on any atom is 0.180 e. The summed E-state index contributed by atoms with van der Waals surface area (Å²) < 4.78 is 22.0. The Morgan fingerprint density at radius 2 is 1.46 bits per heavy atom. The molecule has 0 saturated carbocycles. The molecule has 1 aromatic rings. The highest BCUT2D eigenvalue weighted by Crippen LogP contribution is 2.17. The van der Waals surface area contributed by atoms with Gasteiger partial charge in [0.15, 0.2) is 14.8 Å². The molecule has 1 rings (SSSR count). The lowest BCUT2D eigenvalue weighted by Gasteiger charge is -2.21. The third-order valence-corrected chi connectivity index (χ3v) is 8.45. The second-order valence-corrected chi connectivity index (χ2v) is 20.0. The molecule has 0 spiro atoms. The van der Waals surface area contributed by atoms with Crippen molar-refractivity contribution in [3.8, 4) is 5.75 Å². The van der Waals surface area contributed by atoms with E-state index >= 15 is 0 Å². The SMILES string of the molecule is COCCOC[C@H](C)OCCOc1cc([Si](C)(C)Cl)cc([Si](C)(C)Cl)c1. The molecule has 1 atom stereocenters. The van der Waals surface area contributed by atoms with Crippen LogP contribution in [0.4, 0.5) is 0 Å². The molecule has 0 aromatic heterocycles. The summed E-state index contributed by atoms with van der Waals surface area (Å²) in [5, 5.41) is 2.29. The fourth-order valence-electron chi connectivity index (χ4n) is 2.22. The van der Waals surface area contributed by atoms with Crippen molar-refractivity contribution in [3.63, 3.8) is 0 Å². The maximum absolute atomic E-state index is 6.63. The van der Waals surface area contributed by atoms with Crippen LogP contribution in [0.25, 0.3) is 0 Å². The summed E-state index contributed by atoms with van der Waals surface area (Å²) in [4.78, 5) is 0. The Bertz CT molecular complexity index is 513. The zero-order valence-corrected chi connectivity index (χ0v) is 20.2. The second-order valence-electron chi connectivity index (χ2n) is 7.29. The van der Waals surface area contributed by atoms with Crippen LogP contribution in [0.5, 0.6) is 5.75 Å². The van der Waals surface area contributed by atoms with Gasteiger partial charge in [-0.05, 0) is 29.4 Å². The summed E-state index contributed by atoms with van der Waals surface area (Å²) in [7, 11) is -2.27. The third kappa shape index (κ3) is 9.21. The first-order valence-electron chi connectivity index (χ1n) is 8.89. The predicted octanol–water partition coefficient (Wildman–Crippen LogP) is 3.44. The molecule has 0 unspecified atom stereocenters. The molecule has 0 saturated heterocycles. The Labute approximate surface area is 169 Å². The van der Waals surface area contributed by atoms with Crippen molar-refractivity contribution in [2.45, 2.75) is 39.2 Å². The van der Waals surface area contributed by atoms with E-state index in [1.165, 1.54) is 0 Å². The lowest BCUT2D eigenvalue weighted by Crippen LogP contribution is -2.43. The number of benzene rings is 1. The average Bonchev–Trinajstić information content (AvgIpc) is 2.54. The molecule has 0 aliphatic rings. The predicted molar refractivity (Wildman–Crippen MR) is 116 cm³/mol. The molecule has 1 aromatic carbocycles. The number of rotatable bonds is 12. The molecule has 150 valence electrons. The maximum atomic E-state index is 6.63. The third-order valence-electron chi connectivity index (χ3n) is 3.82. The van der Waals surface area contributed by atoms with Gasteiger partial charge in [-0.25, -0.2) is 0 Å². The van der Waals surface area contributed by atoms with Crippen LogP contribution in [-0.4, -0.2) is 61.0 Å². The van der Waals surface area contributed by atoms with Crippen molar-refractivity contribution >= 4 is 47.3 Å². The summed E-state index contributed by atoms with van der Waals surface area (Å²) >= 11 is 13.3. The van der Waals surface area contributed by atoms with Crippen molar-refractivity contribution in [3.05, 3.63) is 18.2 Å². The van der Waals surface area contributed by atoms with Crippen LogP contribution in [0.2, 0.25) is 26.2 Å². The summed E-state index contributed by atoms with van der Waals surface area (Å²) in [6.07, 6.45) is 0.0146. The number of ether oxygens (including phenoxy) is 4. The standard InChI is InChI=1S/C18H32Cl2O4Si2/c1-15(14-22-8-7-21-2)23-9-10-24-16-11-17(25(3,4)19)13-18(12-16)26(5,6)20/h11-13,15H,7-10,14H2,1-6H3/t15-/m0/s1. The minimum atomic E-state index is -1.96. The molecule has 0 bridgehead atoms. The summed E-state index contributed by atoms with van der Waals surface area (Å²) in [5.41, 5.74) is 0. The smallest absolute Gasteiger partial charge is 0.180 e. The first-order valence-corrected chi connectivity index (χ1v) is 16.9. The lowest BCUT2D eigenvalue weighted by molar-refractivity contribution is -0.0256. The molecule has 0 radical (unpaired) electrons. The van der Waals surface area contributed by atoms with Gasteiger partial charge in [-0.2, -0.15) is 22.2 Å². The summed E-state index contributed by atoms with van der Waals surface area (Å²) in [5.74, 6) is 0.813. The molecule has 0 amide bonds. The Hall–Kier alpha value is -0.0862. The van der Waals surface area contributed by atoms with Crippen molar-refractivity contribution in [1.29, 1.82) is 0 Å². The molecular formula is C18H32Cl2O4Si2. The fourth-order valence-corrected chi connectivity index (χ4v) is 4.98. The van der Waals surface area contributed by atoms with Crippen LogP contribution in [0.1, 0.15) is 6.92 Å². The first kappa shape index (κ1) is 24.0. The zero-order chi connectivity index (χ0) is 19.8. The number of halogens is 2. The van der Waals surface area contributed by atoms with Crippen LogP contribution >= 0.6 is 22.2 Å². The van der Waals surface area contributed by atoms with Gasteiger partial charge >= 0.3 is 0 Å². The van der Waals surface area contributed by atoms with Gasteiger partial charge in [0.2, 0.25) is 0 Å². The van der Waals surface area contributed by atoms with E-state index in [1.807, 2.05) is 19.1 Å². The van der Waals surface area contributed by atoms with Gasteiger partial charge in [0, 0.05) is 7.11 Å². The van der Waals surface area contributed by atoms with Gasteiger partial charge in [0.05, 0.1) is 32.5 Å². The summed E-state index contributed by atoms with van der Waals surface area (Å²) in [6, 6.07) is 6.23. The Kier molecular flexibility index (Phi) is 10.2. The largest absolute Gasteiger partial charge is 0.491 e. The van der Waals surface area contributed by atoms with Gasteiger partial charge in [0.1, 0.15) is 12.4 Å². The van der Waals surface area contributed by atoms with E-state index in [-0.39, 0.29) is 6.10 Å². The Morgan fingerprint density at radius 3 is 1.96 bits per heavy atom. The van der Waals surface area contributed by atoms with Gasteiger partial charge in [-0.3, -0.25) is 0 Å². The van der Waals surface area contributed by atoms with Crippen molar-refractivity contribution in [2.75, 3.05) is 40.1 Å². The van der Waals surface area contributed by atoms with Gasteiger partial charge in [0.25, 0.3) is 0 Å². The van der Waals surface area contributed by atoms with Gasteiger partial charge in [-0.15, -0.1) is 0 Å². The lowest BCUT2D eigenvalue weighted by atomic mass is 10.3. The fraction of sp³-hybridized carbons (Fsp3) is 0.667. The molecule has 8 heteroatoms. The van der Waals surface area contributed by atoms with E-state index in [1.54, 1.807) is 7.11 Å². The van der Waals surface area contributed by atoms with E-state index in [0.717, 1.165) is 16.1 Å². The normalized spacial score (nSPS) is 13.7. The molecule has 26 heavy (non-hydrogen) atoms. The van der Waals surface area contributed by atoms with E-state index < -0.39 is 14.8 Å². The highest BCUT2D eigenvalue weighted by atomic mass is 35.6. The van der Waals surface area contributed by atoms with Crippen molar-refractivity contribution in [2.24, 2.45) is 0 Å². The Morgan fingerprint density at radius 1 is 0.885 bits per heavy atom. The van der Waals surface area contributed by atoms with Crippen LogP contribution in [0, 0.1) is 0 Å². The minimum Gasteiger partial charge on any atom is -0.491 e. The molecule has 0 fully saturated rings. The van der Waals surface area contributed by atoms with Crippen LogP contribution < -0.4 is 15.1 Å². The van der Waals surface area contributed by atoms with Crippen molar-refractivity contribution in [1.82, 2.24) is 0 Å².